The minimum Gasteiger partial charge on any atom is -0.309 e. The summed E-state index contributed by atoms with van der Waals surface area (Å²) in [4.78, 5) is 0. The van der Waals surface area contributed by atoms with E-state index in [0.717, 1.165) is 0 Å². The lowest BCUT2D eigenvalue weighted by Crippen LogP contribution is -2.16. The van der Waals surface area contributed by atoms with Crippen LogP contribution in [0.2, 0.25) is 0 Å². The summed E-state index contributed by atoms with van der Waals surface area (Å²) in [5.74, 6) is 0. The molecule has 0 saturated heterocycles. The molecule has 0 aliphatic rings. The molecular formula is C48H48N2. The SMILES string of the molecule is CC(C)(C)c1ccc2c(c1)c1ccc(C(C)(C)C)cc1n2-c1ccc2c(c1C(C)(C)C)c1c(-c3ccccc3)cccc1n2-c1ccccc1. The topological polar surface area (TPSA) is 9.86 Å². The van der Waals surface area contributed by atoms with Crippen molar-refractivity contribution in [1.82, 2.24) is 9.13 Å². The second-order valence-electron chi connectivity index (χ2n) is 17.1. The van der Waals surface area contributed by atoms with Gasteiger partial charge >= 0.3 is 0 Å². The Bertz CT molecular complexity index is 2560. The summed E-state index contributed by atoms with van der Waals surface area (Å²) in [6.07, 6.45) is 0. The van der Waals surface area contributed by atoms with Crippen LogP contribution >= 0.6 is 0 Å². The molecule has 0 amide bonds. The molecule has 250 valence electrons. The summed E-state index contributed by atoms with van der Waals surface area (Å²) >= 11 is 0. The van der Waals surface area contributed by atoms with E-state index in [2.05, 4.69) is 199 Å². The van der Waals surface area contributed by atoms with Crippen molar-refractivity contribution in [3.63, 3.8) is 0 Å². The van der Waals surface area contributed by atoms with Crippen molar-refractivity contribution >= 4 is 43.6 Å². The molecular weight excluding hydrogens is 605 g/mol. The van der Waals surface area contributed by atoms with Gasteiger partial charge in [-0.25, -0.2) is 0 Å². The fourth-order valence-corrected chi connectivity index (χ4v) is 8.01. The van der Waals surface area contributed by atoms with E-state index in [4.69, 9.17) is 0 Å². The molecule has 0 unspecified atom stereocenters. The molecule has 8 aromatic rings. The highest BCUT2D eigenvalue weighted by molar-refractivity contribution is 6.19. The standard InChI is InChI=1S/C48H48N2/c1-46(2,3)32-24-26-38-37(29-32)36-25-23-33(47(4,5)6)30-42(36)50(38)41-28-27-40-44(45(41)48(7,8)9)43-35(31-17-12-10-13-18-31)21-16-22-39(43)49(40)34-19-14-11-15-20-34/h10-30H,1-9H3. The lowest BCUT2D eigenvalue weighted by Gasteiger charge is -2.27. The average molecular weight is 653 g/mol. The highest BCUT2D eigenvalue weighted by Crippen LogP contribution is 2.47. The summed E-state index contributed by atoms with van der Waals surface area (Å²) in [6.45, 7) is 21.0. The molecule has 0 saturated carbocycles. The zero-order valence-corrected chi connectivity index (χ0v) is 31.0. The van der Waals surface area contributed by atoms with Crippen LogP contribution in [0.3, 0.4) is 0 Å². The van der Waals surface area contributed by atoms with Crippen LogP contribution in [-0.2, 0) is 16.2 Å². The molecule has 0 aliphatic heterocycles. The Labute approximate surface area is 297 Å². The lowest BCUT2D eigenvalue weighted by atomic mass is 9.81. The predicted octanol–water partition coefficient (Wildman–Crippen LogP) is 13.4. The van der Waals surface area contributed by atoms with E-state index in [1.807, 2.05) is 0 Å². The third-order valence-electron chi connectivity index (χ3n) is 10.5. The second kappa shape index (κ2) is 11.2. The first kappa shape index (κ1) is 32.1. The molecule has 0 bridgehead atoms. The molecule has 0 N–H and O–H groups in total. The van der Waals surface area contributed by atoms with Gasteiger partial charge in [0.15, 0.2) is 0 Å². The Kier molecular flexibility index (Phi) is 7.21. The van der Waals surface area contributed by atoms with Gasteiger partial charge in [-0.1, -0.05) is 141 Å². The van der Waals surface area contributed by atoms with E-state index in [1.54, 1.807) is 0 Å². The van der Waals surface area contributed by atoms with E-state index >= 15 is 0 Å². The zero-order chi connectivity index (χ0) is 35.2. The summed E-state index contributed by atoms with van der Waals surface area (Å²) in [7, 11) is 0. The number of hydrogen-bond acceptors (Lipinski definition) is 0. The molecule has 2 nitrogen and oxygen atoms in total. The van der Waals surface area contributed by atoms with Crippen LogP contribution in [0.5, 0.6) is 0 Å². The second-order valence-corrected chi connectivity index (χ2v) is 17.1. The van der Waals surface area contributed by atoms with Crippen LogP contribution in [0.1, 0.15) is 79.0 Å². The van der Waals surface area contributed by atoms with Crippen LogP contribution in [0.25, 0.3) is 66.1 Å². The Morgan fingerprint density at radius 1 is 0.400 bits per heavy atom. The van der Waals surface area contributed by atoms with Crippen LogP contribution in [0.15, 0.2) is 127 Å². The van der Waals surface area contributed by atoms with E-state index in [-0.39, 0.29) is 16.2 Å². The molecule has 0 atom stereocenters. The Hall–Kier alpha value is -5.08. The zero-order valence-electron chi connectivity index (χ0n) is 31.0. The summed E-state index contributed by atoms with van der Waals surface area (Å²) in [5, 5.41) is 5.23. The number of nitrogens with zero attached hydrogens (tertiary/aromatic N) is 2. The van der Waals surface area contributed by atoms with Crippen molar-refractivity contribution in [2.75, 3.05) is 0 Å². The van der Waals surface area contributed by atoms with Gasteiger partial charge < -0.3 is 9.13 Å². The molecule has 0 radical (unpaired) electrons. The van der Waals surface area contributed by atoms with Gasteiger partial charge in [0.25, 0.3) is 0 Å². The fourth-order valence-electron chi connectivity index (χ4n) is 8.01. The Morgan fingerprint density at radius 2 is 1.00 bits per heavy atom. The average Bonchev–Trinajstić information content (AvgIpc) is 3.59. The van der Waals surface area contributed by atoms with Gasteiger partial charge in [0.2, 0.25) is 0 Å². The lowest BCUT2D eigenvalue weighted by molar-refractivity contribution is 0.590. The smallest absolute Gasteiger partial charge is 0.0547 e. The third-order valence-corrected chi connectivity index (χ3v) is 10.5. The van der Waals surface area contributed by atoms with Crippen molar-refractivity contribution in [3.05, 3.63) is 144 Å². The van der Waals surface area contributed by atoms with Crippen molar-refractivity contribution in [3.8, 4) is 22.5 Å². The van der Waals surface area contributed by atoms with Crippen LogP contribution in [0.4, 0.5) is 0 Å². The normalized spacial score (nSPS) is 12.9. The number of aromatic nitrogens is 2. The molecule has 6 aromatic carbocycles. The highest BCUT2D eigenvalue weighted by atomic mass is 15.0. The number of hydrogen-bond donors (Lipinski definition) is 0. The van der Waals surface area contributed by atoms with Gasteiger partial charge in [-0.15, -0.1) is 0 Å². The molecule has 0 aliphatic carbocycles. The van der Waals surface area contributed by atoms with Crippen molar-refractivity contribution in [1.29, 1.82) is 0 Å². The van der Waals surface area contributed by atoms with Crippen LogP contribution < -0.4 is 0 Å². The monoisotopic (exact) mass is 652 g/mol. The Morgan fingerprint density at radius 3 is 1.66 bits per heavy atom. The van der Waals surface area contributed by atoms with Crippen molar-refractivity contribution in [2.24, 2.45) is 0 Å². The van der Waals surface area contributed by atoms with Gasteiger partial charge in [0, 0.05) is 27.2 Å². The first-order valence-corrected chi connectivity index (χ1v) is 18.0. The van der Waals surface area contributed by atoms with E-state index in [0.29, 0.717) is 0 Å². The first-order valence-electron chi connectivity index (χ1n) is 18.0. The first-order chi connectivity index (χ1) is 23.7. The van der Waals surface area contributed by atoms with Crippen LogP contribution in [0, 0.1) is 0 Å². The summed E-state index contributed by atoms with van der Waals surface area (Å²) in [5.41, 5.74) is 13.8. The minimum absolute atomic E-state index is 0.0244. The Balaban J connectivity index is 1.59. The largest absolute Gasteiger partial charge is 0.309 e. The summed E-state index contributed by atoms with van der Waals surface area (Å²) < 4.78 is 5.04. The molecule has 0 spiro atoms. The fraction of sp³-hybridized carbons (Fsp3) is 0.250. The highest BCUT2D eigenvalue weighted by Gasteiger charge is 2.30. The van der Waals surface area contributed by atoms with E-state index in [9.17, 15) is 0 Å². The third kappa shape index (κ3) is 5.07. The van der Waals surface area contributed by atoms with Gasteiger partial charge in [0.05, 0.1) is 27.8 Å². The number of fused-ring (bicyclic) bond motifs is 6. The van der Waals surface area contributed by atoms with Crippen molar-refractivity contribution < 1.29 is 0 Å². The maximum absolute atomic E-state index is 2.57. The van der Waals surface area contributed by atoms with E-state index in [1.165, 1.54) is 82.8 Å². The number of benzene rings is 6. The molecule has 50 heavy (non-hydrogen) atoms. The molecule has 0 fully saturated rings. The van der Waals surface area contributed by atoms with Gasteiger partial charge in [-0.05, 0) is 92.6 Å². The van der Waals surface area contributed by atoms with Gasteiger partial charge in [0.1, 0.15) is 0 Å². The van der Waals surface area contributed by atoms with Crippen molar-refractivity contribution in [2.45, 2.75) is 78.6 Å². The maximum Gasteiger partial charge on any atom is 0.0547 e. The summed E-state index contributed by atoms with van der Waals surface area (Å²) in [6, 6.07) is 47.6. The van der Waals surface area contributed by atoms with Crippen LogP contribution in [-0.4, -0.2) is 9.13 Å². The minimum atomic E-state index is -0.176. The number of para-hydroxylation sites is 1. The van der Waals surface area contributed by atoms with E-state index < -0.39 is 0 Å². The van der Waals surface area contributed by atoms with Gasteiger partial charge in [-0.3, -0.25) is 0 Å². The number of rotatable bonds is 3. The molecule has 8 rings (SSSR count). The predicted molar refractivity (Wildman–Crippen MR) is 217 cm³/mol. The maximum atomic E-state index is 2.57. The van der Waals surface area contributed by atoms with Gasteiger partial charge in [-0.2, -0.15) is 0 Å². The quantitative estimate of drug-likeness (QED) is 0.180. The molecule has 2 heterocycles. The molecule has 2 heteroatoms. The molecule has 2 aromatic heterocycles.